The molecule has 0 aliphatic carbocycles. The zero-order chi connectivity index (χ0) is 50.3. The fourth-order valence-electron chi connectivity index (χ4n) is 9.03. The number of nitrogens with one attached hydrogen (secondary N) is 1. The highest BCUT2D eigenvalue weighted by Crippen LogP contribution is 2.30. The van der Waals surface area contributed by atoms with Gasteiger partial charge in [0.15, 0.2) is 12.6 Å². The molecule has 2 rings (SSSR count). The summed E-state index contributed by atoms with van der Waals surface area (Å²) in [4.78, 5) is 13.2. The number of aliphatic hydroxyl groups excluding tert-OH is 8. The lowest BCUT2D eigenvalue weighted by Gasteiger charge is -2.46. The average molecular weight is 984 g/mol. The number of ether oxygens (including phenoxy) is 4. The Kier molecular flexibility index (Phi) is 38.2. The molecule has 12 unspecified atom stereocenters. The van der Waals surface area contributed by atoms with Crippen molar-refractivity contribution in [2.45, 2.75) is 286 Å². The molecule has 2 heterocycles. The van der Waals surface area contributed by atoms with Gasteiger partial charge in [0, 0.05) is 6.42 Å². The molecule has 14 heteroatoms. The summed E-state index contributed by atoms with van der Waals surface area (Å²) in [6.07, 6.45) is 31.9. The number of aliphatic hydroxyl groups is 8. The molecule has 2 aliphatic heterocycles. The summed E-state index contributed by atoms with van der Waals surface area (Å²) < 4.78 is 22.7. The summed E-state index contributed by atoms with van der Waals surface area (Å²) in [7, 11) is 0. The van der Waals surface area contributed by atoms with Crippen molar-refractivity contribution in [2.75, 3.05) is 19.8 Å². The third kappa shape index (κ3) is 28.3. The van der Waals surface area contributed by atoms with Crippen LogP contribution in [0.15, 0.2) is 36.5 Å². The lowest BCUT2D eigenvalue weighted by Crippen LogP contribution is -2.65. The van der Waals surface area contributed by atoms with Crippen molar-refractivity contribution in [1.29, 1.82) is 0 Å². The molecule has 0 radical (unpaired) electrons. The summed E-state index contributed by atoms with van der Waals surface area (Å²) >= 11 is 0. The summed E-state index contributed by atoms with van der Waals surface area (Å²) in [5.74, 6) is -0.253. The van der Waals surface area contributed by atoms with E-state index >= 15 is 0 Å². The number of carbonyl (C=O) groups is 1. The SMILES string of the molecule is CCCCCCCCCCCCCC/C=C/CC/C=C/CC/C=C/C(O)C(COC1OC(CO)C(OC2OC(CO)C(O)C(O)C2O)C(O)C1O)NC(=O)CCCCCCCCCCCCCCC. The lowest BCUT2D eigenvalue weighted by molar-refractivity contribution is -0.359. The van der Waals surface area contributed by atoms with Gasteiger partial charge in [0.1, 0.15) is 48.8 Å². The molecule has 69 heavy (non-hydrogen) atoms. The second-order valence-electron chi connectivity index (χ2n) is 19.7. The lowest BCUT2D eigenvalue weighted by atomic mass is 9.97. The average Bonchev–Trinajstić information content (AvgIpc) is 3.35. The normalized spacial score (nSPS) is 26.4. The van der Waals surface area contributed by atoms with Crippen molar-refractivity contribution < 1.29 is 64.6 Å². The van der Waals surface area contributed by atoms with Gasteiger partial charge in [0.05, 0.1) is 32.0 Å². The highest BCUT2D eigenvalue weighted by Gasteiger charge is 2.51. The number of unbranched alkanes of at least 4 members (excludes halogenated alkanes) is 26. The van der Waals surface area contributed by atoms with Crippen LogP contribution in [0.4, 0.5) is 0 Å². The van der Waals surface area contributed by atoms with Crippen molar-refractivity contribution in [3.63, 3.8) is 0 Å². The molecule has 14 nitrogen and oxygen atoms in total. The third-order valence-corrected chi connectivity index (χ3v) is 13.6. The van der Waals surface area contributed by atoms with Crippen molar-refractivity contribution >= 4 is 5.91 Å². The molecule has 0 aromatic rings. The summed E-state index contributed by atoms with van der Waals surface area (Å²) in [5, 5.41) is 86.8. The molecule has 0 aromatic carbocycles. The fourth-order valence-corrected chi connectivity index (χ4v) is 9.03. The van der Waals surface area contributed by atoms with Crippen LogP contribution in [0.5, 0.6) is 0 Å². The van der Waals surface area contributed by atoms with Crippen LogP contribution in [0.3, 0.4) is 0 Å². The van der Waals surface area contributed by atoms with E-state index in [0.717, 1.165) is 44.9 Å². The van der Waals surface area contributed by atoms with Gasteiger partial charge in [-0.25, -0.2) is 0 Å². The van der Waals surface area contributed by atoms with Crippen LogP contribution in [0.2, 0.25) is 0 Å². The number of hydrogen-bond acceptors (Lipinski definition) is 13. The maximum atomic E-state index is 13.2. The summed E-state index contributed by atoms with van der Waals surface area (Å²) in [6.45, 7) is 2.77. The molecular formula is C55H101NO13. The first-order chi connectivity index (χ1) is 33.6. The molecule has 9 N–H and O–H groups in total. The van der Waals surface area contributed by atoms with Crippen molar-refractivity contribution in [3.8, 4) is 0 Å². The molecule has 2 fully saturated rings. The fraction of sp³-hybridized carbons (Fsp3) is 0.873. The van der Waals surface area contributed by atoms with Crippen LogP contribution in [-0.4, -0.2) is 140 Å². The van der Waals surface area contributed by atoms with Gasteiger partial charge in [-0.3, -0.25) is 4.79 Å². The third-order valence-electron chi connectivity index (χ3n) is 13.6. The van der Waals surface area contributed by atoms with Gasteiger partial charge < -0.3 is 65.1 Å². The standard InChI is InChI=1S/C55H101NO13/c1-3-5-7-9-11-13-15-17-18-19-20-21-22-23-24-25-27-28-30-32-34-36-38-44(59)43(56-47(60)39-37-35-33-31-29-26-16-14-12-10-8-6-4-2)42-66-54-52(65)50(63)53(46(41-58)68-54)69-55-51(64)49(62)48(61)45(40-57)67-55/h23-24,28,30,36,38,43-46,48-55,57-59,61-65H,3-22,25-27,29,31-35,37,39-42H2,1-2H3,(H,56,60)/b24-23+,30-28+,38-36+. The van der Waals surface area contributed by atoms with E-state index in [1.54, 1.807) is 6.08 Å². The van der Waals surface area contributed by atoms with Gasteiger partial charge in [0.25, 0.3) is 0 Å². The second-order valence-corrected chi connectivity index (χ2v) is 19.7. The van der Waals surface area contributed by atoms with Crippen LogP contribution >= 0.6 is 0 Å². The van der Waals surface area contributed by atoms with Crippen molar-refractivity contribution in [2.24, 2.45) is 0 Å². The Bertz CT molecular complexity index is 1300. The van der Waals surface area contributed by atoms with E-state index in [9.17, 15) is 45.6 Å². The Balaban J connectivity index is 1.82. The van der Waals surface area contributed by atoms with Gasteiger partial charge in [-0.05, 0) is 44.9 Å². The van der Waals surface area contributed by atoms with Crippen LogP contribution in [0.25, 0.3) is 0 Å². The van der Waals surface area contributed by atoms with Crippen molar-refractivity contribution in [1.82, 2.24) is 5.32 Å². The van der Waals surface area contributed by atoms with Crippen LogP contribution in [0, 0.1) is 0 Å². The van der Waals surface area contributed by atoms with Gasteiger partial charge in [0.2, 0.25) is 5.91 Å². The van der Waals surface area contributed by atoms with Crippen LogP contribution in [0.1, 0.15) is 213 Å². The van der Waals surface area contributed by atoms with Gasteiger partial charge in [-0.15, -0.1) is 0 Å². The van der Waals surface area contributed by atoms with E-state index in [4.69, 9.17) is 18.9 Å². The zero-order valence-electron chi connectivity index (χ0n) is 43.1. The largest absolute Gasteiger partial charge is 0.394 e. The topological polar surface area (TPSA) is 228 Å². The monoisotopic (exact) mass is 984 g/mol. The number of amides is 1. The van der Waals surface area contributed by atoms with Gasteiger partial charge in [-0.2, -0.15) is 0 Å². The maximum Gasteiger partial charge on any atom is 0.220 e. The molecule has 0 spiro atoms. The van der Waals surface area contributed by atoms with Crippen molar-refractivity contribution in [3.05, 3.63) is 36.5 Å². The van der Waals surface area contributed by atoms with Crippen LogP contribution in [-0.2, 0) is 23.7 Å². The zero-order valence-corrected chi connectivity index (χ0v) is 43.1. The molecule has 404 valence electrons. The highest BCUT2D eigenvalue weighted by molar-refractivity contribution is 5.76. The molecule has 2 saturated heterocycles. The van der Waals surface area contributed by atoms with E-state index in [-0.39, 0.29) is 18.9 Å². The quantitative estimate of drug-likeness (QED) is 0.0207. The summed E-state index contributed by atoms with van der Waals surface area (Å²) in [6, 6.07) is -0.934. The van der Waals surface area contributed by atoms with E-state index in [2.05, 4.69) is 43.5 Å². The molecule has 0 bridgehead atoms. The minimum atomic E-state index is -1.79. The van der Waals surface area contributed by atoms with E-state index in [0.29, 0.717) is 12.8 Å². The molecule has 12 atom stereocenters. The first-order valence-corrected chi connectivity index (χ1v) is 27.7. The predicted molar refractivity (Wildman–Crippen MR) is 272 cm³/mol. The van der Waals surface area contributed by atoms with Gasteiger partial charge >= 0.3 is 0 Å². The molecule has 0 aromatic heterocycles. The maximum absolute atomic E-state index is 13.2. The van der Waals surface area contributed by atoms with E-state index in [1.165, 1.54) is 135 Å². The smallest absolute Gasteiger partial charge is 0.220 e. The Morgan fingerprint density at radius 2 is 0.928 bits per heavy atom. The minimum Gasteiger partial charge on any atom is -0.394 e. The molecule has 1 amide bonds. The highest BCUT2D eigenvalue weighted by atomic mass is 16.7. The number of hydrogen-bond donors (Lipinski definition) is 9. The Hall–Kier alpha value is -1.79. The Morgan fingerprint density at radius 1 is 0.507 bits per heavy atom. The van der Waals surface area contributed by atoms with E-state index < -0.39 is 86.8 Å². The predicted octanol–water partition coefficient (Wildman–Crippen LogP) is 8.27. The Labute approximate surface area is 417 Å². The summed E-state index contributed by atoms with van der Waals surface area (Å²) in [5.41, 5.74) is 0. The van der Waals surface area contributed by atoms with E-state index in [1.807, 2.05) is 6.08 Å². The number of rotatable bonds is 43. The van der Waals surface area contributed by atoms with Crippen LogP contribution < -0.4 is 5.32 Å². The number of carbonyl (C=O) groups excluding carboxylic acids is 1. The first-order valence-electron chi connectivity index (χ1n) is 27.7. The van der Waals surface area contributed by atoms with Gasteiger partial charge in [-0.1, -0.05) is 198 Å². The first kappa shape index (κ1) is 63.3. The minimum absolute atomic E-state index is 0.253. The number of allylic oxidation sites excluding steroid dienone is 5. The molecule has 2 aliphatic rings. The molecular weight excluding hydrogens is 883 g/mol. The Morgan fingerprint density at radius 3 is 1.42 bits per heavy atom. The molecule has 0 saturated carbocycles. The second kappa shape index (κ2) is 41.7.